The van der Waals surface area contributed by atoms with Gasteiger partial charge in [-0.2, -0.15) is 0 Å². The Morgan fingerprint density at radius 2 is 1.95 bits per heavy atom. The molecule has 114 valence electrons. The molecule has 0 aromatic heterocycles. The molecule has 0 bridgehead atoms. The predicted molar refractivity (Wildman–Crippen MR) is 60.9 cm³/mol. The molecule has 11 heteroatoms. The second-order valence-corrected chi connectivity index (χ2v) is 5.95. The van der Waals surface area contributed by atoms with Crippen molar-refractivity contribution in [2.75, 3.05) is 13.2 Å². The Morgan fingerprint density at radius 3 is 2.35 bits per heavy atom. The van der Waals surface area contributed by atoms with E-state index >= 15 is 0 Å². The van der Waals surface area contributed by atoms with Crippen LogP contribution >= 0.6 is 7.60 Å². The number of carboxylic acids is 1. The molecule has 2 unspecified atom stereocenters. The fraction of sp³-hybridized carbons (Fsp3) is 0.556. The van der Waals surface area contributed by atoms with Gasteiger partial charge in [-0.1, -0.05) is 6.58 Å². The van der Waals surface area contributed by atoms with E-state index in [9.17, 15) is 14.2 Å². The van der Waals surface area contributed by atoms with Gasteiger partial charge in [0.1, 0.15) is 12.7 Å². The third-order valence-corrected chi connectivity index (χ3v) is 4.05. The smallest absolute Gasteiger partial charge is 0.398 e. The number of esters is 1. The summed E-state index contributed by atoms with van der Waals surface area (Å²) < 4.78 is 27.9. The molecular weight excluding hydrogens is 299 g/mol. The van der Waals surface area contributed by atoms with Gasteiger partial charge in [0.15, 0.2) is 5.66 Å². The van der Waals surface area contributed by atoms with E-state index in [1.165, 1.54) is 0 Å². The quantitative estimate of drug-likeness (QED) is 0.137. The van der Waals surface area contributed by atoms with Crippen LogP contribution in [0.15, 0.2) is 12.2 Å². The van der Waals surface area contributed by atoms with Gasteiger partial charge in [-0.15, -0.1) is 9.35 Å². The van der Waals surface area contributed by atoms with Gasteiger partial charge in [-0.25, -0.2) is 15.3 Å². The molecule has 0 aromatic carbocycles. The summed E-state index contributed by atoms with van der Waals surface area (Å²) in [6.07, 6.45) is -0.896. The number of rotatable bonds is 9. The highest BCUT2D eigenvalue weighted by Crippen LogP contribution is 2.53. The molecule has 0 saturated carbocycles. The van der Waals surface area contributed by atoms with Crippen LogP contribution in [0.2, 0.25) is 0 Å². The topological polar surface area (TPSA) is 152 Å². The third kappa shape index (κ3) is 4.37. The standard InChI is InChI=1S/C9H13O10P/c1-5(9(12)17-4-6-3-16-6)2-7(8(10)11)20(15,18-13)19-14/h6-7,13-14H,1-4H2,(H,10,11). The number of hydrogen-bond acceptors (Lipinski definition) is 9. The van der Waals surface area contributed by atoms with Crippen LogP contribution in [0, 0.1) is 0 Å². The first-order valence-electron chi connectivity index (χ1n) is 5.29. The van der Waals surface area contributed by atoms with Crippen molar-refractivity contribution in [3.63, 3.8) is 0 Å². The molecule has 1 saturated heterocycles. The largest absolute Gasteiger partial charge is 0.481 e. The van der Waals surface area contributed by atoms with Gasteiger partial charge in [-0.3, -0.25) is 9.36 Å². The minimum atomic E-state index is -4.75. The van der Waals surface area contributed by atoms with Crippen LogP contribution in [0.3, 0.4) is 0 Å². The molecule has 0 aliphatic carbocycles. The first kappa shape index (κ1) is 16.8. The lowest BCUT2D eigenvalue weighted by Gasteiger charge is -2.18. The maximum Gasteiger partial charge on any atom is 0.398 e. The zero-order chi connectivity index (χ0) is 15.3. The molecule has 1 fully saturated rings. The van der Waals surface area contributed by atoms with Crippen molar-refractivity contribution in [2.24, 2.45) is 0 Å². The molecule has 1 rings (SSSR count). The Hall–Kier alpha value is -1.29. The van der Waals surface area contributed by atoms with Gasteiger partial charge in [0.2, 0.25) is 0 Å². The summed E-state index contributed by atoms with van der Waals surface area (Å²) in [5.41, 5.74) is -2.36. The Labute approximate surface area is 112 Å². The monoisotopic (exact) mass is 312 g/mol. The van der Waals surface area contributed by atoms with E-state index in [4.69, 9.17) is 25.1 Å². The maximum atomic E-state index is 11.6. The zero-order valence-electron chi connectivity index (χ0n) is 10.1. The highest BCUT2D eigenvalue weighted by atomic mass is 31.2. The molecule has 2 atom stereocenters. The number of aliphatic carboxylic acids is 1. The summed E-state index contributed by atoms with van der Waals surface area (Å²) >= 11 is 0. The van der Waals surface area contributed by atoms with Crippen molar-refractivity contribution < 1.29 is 48.6 Å². The van der Waals surface area contributed by atoms with Crippen molar-refractivity contribution in [3.8, 4) is 0 Å². The first-order valence-corrected chi connectivity index (χ1v) is 6.90. The Morgan fingerprint density at radius 1 is 1.40 bits per heavy atom. The number of carbonyl (C=O) groups is 2. The molecule has 0 amide bonds. The summed E-state index contributed by atoms with van der Waals surface area (Å²) in [5.74, 6) is -2.65. The molecule has 0 spiro atoms. The van der Waals surface area contributed by atoms with Crippen LogP contribution in [-0.4, -0.2) is 52.5 Å². The van der Waals surface area contributed by atoms with Crippen molar-refractivity contribution in [1.82, 2.24) is 0 Å². The molecule has 1 aliphatic rings. The van der Waals surface area contributed by atoms with Gasteiger partial charge < -0.3 is 14.6 Å². The van der Waals surface area contributed by atoms with Crippen molar-refractivity contribution in [3.05, 3.63) is 12.2 Å². The van der Waals surface area contributed by atoms with Crippen LogP contribution < -0.4 is 0 Å². The molecule has 1 heterocycles. The van der Waals surface area contributed by atoms with E-state index in [-0.39, 0.29) is 18.3 Å². The number of epoxide rings is 1. The Kier molecular flexibility index (Phi) is 5.81. The molecule has 1 aliphatic heterocycles. The second kappa shape index (κ2) is 6.93. The molecule has 20 heavy (non-hydrogen) atoms. The maximum absolute atomic E-state index is 11.6. The van der Waals surface area contributed by atoms with E-state index in [1.54, 1.807) is 0 Å². The molecule has 3 N–H and O–H groups in total. The Balaban J connectivity index is 2.64. The van der Waals surface area contributed by atoms with Crippen molar-refractivity contribution >= 4 is 19.5 Å². The molecule has 0 radical (unpaired) electrons. The molecule has 0 aromatic rings. The average Bonchev–Trinajstić information content (AvgIpc) is 3.24. The fourth-order valence-corrected chi connectivity index (χ4v) is 2.19. The van der Waals surface area contributed by atoms with Gasteiger partial charge in [0.25, 0.3) is 0 Å². The van der Waals surface area contributed by atoms with Crippen LogP contribution in [0.1, 0.15) is 6.42 Å². The second-order valence-electron chi connectivity index (χ2n) is 3.92. The van der Waals surface area contributed by atoms with E-state index in [1.807, 2.05) is 0 Å². The normalized spacial score (nSPS) is 19.2. The summed E-state index contributed by atoms with van der Waals surface area (Å²) in [5, 5.41) is 25.6. The minimum absolute atomic E-state index is 0.0136. The lowest BCUT2D eigenvalue weighted by Crippen LogP contribution is -2.25. The number of carboxylic acid groups (broad SMARTS) is 1. The van der Waals surface area contributed by atoms with Crippen molar-refractivity contribution in [2.45, 2.75) is 18.2 Å². The van der Waals surface area contributed by atoms with E-state index in [0.29, 0.717) is 6.61 Å². The minimum Gasteiger partial charge on any atom is -0.481 e. The zero-order valence-corrected chi connectivity index (χ0v) is 11.0. The number of carbonyl (C=O) groups excluding carboxylic acids is 1. The predicted octanol–water partition coefficient (Wildman–Crippen LogP) is 0.500. The third-order valence-electron chi connectivity index (χ3n) is 2.43. The van der Waals surface area contributed by atoms with Crippen molar-refractivity contribution in [1.29, 1.82) is 0 Å². The van der Waals surface area contributed by atoms with E-state index in [2.05, 4.69) is 15.9 Å². The highest BCUT2D eigenvalue weighted by Gasteiger charge is 2.44. The Bertz CT molecular complexity index is 434. The fourth-order valence-electron chi connectivity index (χ4n) is 1.21. The average molecular weight is 312 g/mol. The molecular formula is C9H13O10P. The SMILES string of the molecule is C=C(CC(C(=O)O)P(=O)(OO)OO)C(=O)OCC1CO1. The molecule has 10 nitrogen and oxygen atoms in total. The van der Waals surface area contributed by atoms with Crippen LogP contribution in [0.25, 0.3) is 0 Å². The number of hydrogen-bond donors (Lipinski definition) is 3. The van der Waals surface area contributed by atoms with Gasteiger partial charge in [0.05, 0.1) is 6.61 Å². The lowest BCUT2D eigenvalue weighted by molar-refractivity contribution is -0.211. The van der Waals surface area contributed by atoms with Gasteiger partial charge in [0, 0.05) is 12.0 Å². The first-order chi connectivity index (χ1) is 9.34. The van der Waals surface area contributed by atoms with E-state index in [0.717, 1.165) is 0 Å². The lowest BCUT2D eigenvalue weighted by atomic mass is 10.1. The summed E-state index contributed by atoms with van der Waals surface area (Å²) in [4.78, 5) is 22.4. The summed E-state index contributed by atoms with van der Waals surface area (Å²) in [6, 6.07) is 0. The van der Waals surface area contributed by atoms with Crippen LogP contribution in [0.4, 0.5) is 0 Å². The van der Waals surface area contributed by atoms with Gasteiger partial charge >= 0.3 is 19.5 Å². The van der Waals surface area contributed by atoms with Crippen LogP contribution in [0.5, 0.6) is 0 Å². The number of ether oxygens (including phenoxy) is 2. The summed E-state index contributed by atoms with van der Waals surface area (Å²) in [7, 11) is -4.75. The van der Waals surface area contributed by atoms with Gasteiger partial charge in [-0.05, 0) is 0 Å². The summed E-state index contributed by atoms with van der Waals surface area (Å²) in [6.45, 7) is 3.73. The van der Waals surface area contributed by atoms with Crippen LogP contribution in [-0.2, 0) is 33.0 Å². The highest BCUT2D eigenvalue weighted by molar-refractivity contribution is 7.55. The van der Waals surface area contributed by atoms with E-state index < -0.39 is 31.6 Å².